The SMILES string of the molecule is C[C@@]12C=C[C@]3(O1)[C@H](C(=O)N(CCCN1CCOCC1)[C@H]3C(=O)NC1CCCCC1)[C@H]2C(=O)Nc1ccc(Cl)c(Cl)c1. The highest BCUT2D eigenvalue weighted by Gasteiger charge is 2.76. The monoisotopic (exact) mass is 604 g/mol. The maximum atomic E-state index is 14.2. The van der Waals surface area contributed by atoms with Crippen molar-refractivity contribution in [1.82, 2.24) is 15.1 Å². The quantitative estimate of drug-likeness (QED) is 0.439. The van der Waals surface area contributed by atoms with Gasteiger partial charge in [0.15, 0.2) is 0 Å². The number of hydrogen-bond donors (Lipinski definition) is 2. The Balaban J connectivity index is 1.27. The van der Waals surface area contributed by atoms with Crippen LogP contribution in [-0.4, -0.2) is 90.2 Å². The van der Waals surface area contributed by atoms with Gasteiger partial charge < -0.3 is 25.0 Å². The number of benzene rings is 1. The Labute approximate surface area is 250 Å². The van der Waals surface area contributed by atoms with Crippen LogP contribution >= 0.6 is 23.2 Å². The third-order valence-corrected chi connectivity index (χ3v) is 10.2. The lowest BCUT2D eigenvalue weighted by Gasteiger charge is -2.35. The number of carbonyl (C=O) groups is 3. The van der Waals surface area contributed by atoms with E-state index in [-0.39, 0.29) is 23.8 Å². The van der Waals surface area contributed by atoms with Gasteiger partial charge in [0.25, 0.3) is 0 Å². The van der Waals surface area contributed by atoms with Crippen LogP contribution in [0.15, 0.2) is 30.4 Å². The van der Waals surface area contributed by atoms with E-state index in [9.17, 15) is 14.4 Å². The van der Waals surface area contributed by atoms with Gasteiger partial charge in [-0.25, -0.2) is 0 Å². The molecule has 0 unspecified atom stereocenters. The summed E-state index contributed by atoms with van der Waals surface area (Å²) < 4.78 is 12.1. The maximum Gasteiger partial charge on any atom is 0.246 e. The summed E-state index contributed by atoms with van der Waals surface area (Å²) >= 11 is 12.2. The first kappa shape index (κ1) is 28.9. The van der Waals surface area contributed by atoms with Crippen LogP contribution < -0.4 is 10.6 Å². The molecule has 3 amide bonds. The van der Waals surface area contributed by atoms with Crippen molar-refractivity contribution in [2.75, 3.05) is 44.7 Å². The fourth-order valence-electron chi connectivity index (χ4n) is 7.48. The molecule has 0 radical (unpaired) electrons. The van der Waals surface area contributed by atoms with Gasteiger partial charge in [0.2, 0.25) is 17.7 Å². The van der Waals surface area contributed by atoms with E-state index in [2.05, 4.69) is 15.5 Å². The molecule has 6 rings (SSSR count). The Kier molecular flexibility index (Phi) is 8.11. The Bertz CT molecular complexity index is 1230. The summed E-state index contributed by atoms with van der Waals surface area (Å²) in [5.74, 6) is -2.39. The molecule has 41 heavy (non-hydrogen) atoms. The molecule has 5 aliphatic rings. The third kappa shape index (κ3) is 5.29. The molecule has 9 nitrogen and oxygen atoms in total. The minimum Gasteiger partial charge on any atom is -0.379 e. The summed E-state index contributed by atoms with van der Waals surface area (Å²) in [7, 11) is 0. The summed E-state index contributed by atoms with van der Waals surface area (Å²) in [6.07, 6.45) is 9.64. The Hall–Kier alpha value is -2.17. The molecule has 5 atom stereocenters. The smallest absolute Gasteiger partial charge is 0.246 e. The van der Waals surface area contributed by atoms with E-state index in [4.69, 9.17) is 32.7 Å². The van der Waals surface area contributed by atoms with E-state index in [0.717, 1.165) is 45.3 Å². The Morgan fingerprint density at radius 1 is 1.02 bits per heavy atom. The number of anilines is 1. The van der Waals surface area contributed by atoms with Crippen LogP contribution in [0.5, 0.6) is 0 Å². The molecule has 222 valence electrons. The van der Waals surface area contributed by atoms with Gasteiger partial charge in [0, 0.05) is 37.9 Å². The molecule has 1 aromatic rings. The molecular formula is C30H38Cl2N4O5. The number of nitrogens with zero attached hydrogens (tertiary/aromatic N) is 2. The minimum atomic E-state index is -1.21. The first-order chi connectivity index (χ1) is 19.7. The molecule has 11 heteroatoms. The van der Waals surface area contributed by atoms with Crippen LogP contribution in [0, 0.1) is 11.8 Å². The molecule has 0 aromatic heterocycles. The van der Waals surface area contributed by atoms with E-state index in [1.807, 2.05) is 19.1 Å². The van der Waals surface area contributed by atoms with Crippen molar-refractivity contribution in [3.8, 4) is 0 Å². The lowest BCUT2D eigenvalue weighted by Crippen LogP contribution is -2.57. The summed E-state index contributed by atoms with van der Waals surface area (Å²) in [6.45, 7) is 6.15. The highest BCUT2D eigenvalue weighted by Crippen LogP contribution is 2.59. The van der Waals surface area contributed by atoms with Crippen molar-refractivity contribution in [3.63, 3.8) is 0 Å². The number of hydrogen-bond acceptors (Lipinski definition) is 6. The Morgan fingerprint density at radius 3 is 2.51 bits per heavy atom. The summed E-state index contributed by atoms with van der Waals surface area (Å²) in [5, 5.41) is 6.87. The van der Waals surface area contributed by atoms with Crippen molar-refractivity contribution in [1.29, 1.82) is 0 Å². The predicted octanol–water partition coefficient (Wildman–Crippen LogP) is 3.64. The zero-order chi connectivity index (χ0) is 28.8. The number of likely N-dealkylation sites (tertiary alicyclic amines) is 1. The van der Waals surface area contributed by atoms with Crippen LogP contribution in [0.25, 0.3) is 0 Å². The molecule has 1 spiro atoms. The molecular weight excluding hydrogens is 567 g/mol. The van der Waals surface area contributed by atoms with Crippen LogP contribution in [0.2, 0.25) is 10.0 Å². The molecule has 1 aliphatic carbocycles. The number of carbonyl (C=O) groups excluding carboxylic acids is 3. The van der Waals surface area contributed by atoms with Gasteiger partial charge in [-0.1, -0.05) is 54.6 Å². The molecule has 2 bridgehead atoms. The largest absolute Gasteiger partial charge is 0.379 e. The average molecular weight is 606 g/mol. The van der Waals surface area contributed by atoms with E-state index < -0.39 is 29.1 Å². The zero-order valence-electron chi connectivity index (χ0n) is 23.4. The number of ether oxygens (including phenoxy) is 2. The number of morpholine rings is 1. The first-order valence-electron chi connectivity index (χ1n) is 14.8. The zero-order valence-corrected chi connectivity index (χ0v) is 24.9. The number of fused-ring (bicyclic) bond motifs is 1. The molecule has 4 heterocycles. The highest BCUT2D eigenvalue weighted by atomic mass is 35.5. The van der Waals surface area contributed by atoms with Gasteiger partial charge in [-0.2, -0.15) is 0 Å². The van der Waals surface area contributed by atoms with Gasteiger partial charge >= 0.3 is 0 Å². The van der Waals surface area contributed by atoms with Crippen molar-refractivity contribution < 1.29 is 23.9 Å². The summed E-state index contributed by atoms with van der Waals surface area (Å²) in [6, 6.07) is 4.11. The molecule has 1 saturated carbocycles. The lowest BCUT2D eigenvalue weighted by molar-refractivity contribution is -0.144. The molecule has 2 N–H and O–H groups in total. The van der Waals surface area contributed by atoms with E-state index in [0.29, 0.717) is 41.9 Å². The molecule has 4 aliphatic heterocycles. The minimum absolute atomic E-state index is 0.0870. The van der Waals surface area contributed by atoms with E-state index in [1.54, 1.807) is 23.1 Å². The third-order valence-electron chi connectivity index (χ3n) is 9.44. The van der Waals surface area contributed by atoms with Gasteiger partial charge in [0.05, 0.1) is 40.7 Å². The van der Waals surface area contributed by atoms with Gasteiger partial charge in [0.1, 0.15) is 11.6 Å². The van der Waals surface area contributed by atoms with Crippen molar-refractivity contribution >= 4 is 46.6 Å². The van der Waals surface area contributed by atoms with Gasteiger partial charge in [-0.05, 0) is 44.4 Å². The van der Waals surface area contributed by atoms with Gasteiger partial charge in [-0.3, -0.25) is 19.3 Å². The number of amides is 3. The van der Waals surface area contributed by atoms with E-state index >= 15 is 0 Å². The molecule has 3 saturated heterocycles. The highest BCUT2D eigenvalue weighted by molar-refractivity contribution is 6.42. The number of nitrogens with one attached hydrogen (secondary N) is 2. The van der Waals surface area contributed by atoms with Crippen molar-refractivity contribution in [2.24, 2.45) is 11.8 Å². The second kappa shape index (κ2) is 11.5. The molecule has 4 fully saturated rings. The standard InChI is InChI=1S/C30H38Cl2N4O5/c1-29-10-11-30(41-29)24(23(29)26(37)34-20-8-9-21(31)22(32)18-20)28(39)36(13-5-12-35-14-16-40-17-15-35)25(30)27(38)33-19-6-3-2-4-7-19/h8-11,18-19,23-25H,2-7,12-17H2,1H3,(H,33,38)(H,34,37)/t23-,24-,25-,29-,30-/m0/s1. The number of halogens is 2. The topological polar surface area (TPSA) is 100 Å². The Morgan fingerprint density at radius 2 is 1.78 bits per heavy atom. The normalized spacial score (nSPS) is 33.3. The predicted molar refractivity (Wildman–Crippen MR) is 156 cm³/mol. The number of rotatable bonds is 8. The lowest BCUT2D eigenvalue weighted by atomic mass is 9.70. The van der Waals surface area contributed by atoms with Crippen LogP contribution in [0.1, 0.15) is 45.4 Å². The second-order valence-electron chi connectivity index (χ2n) is 12.1. The van der Waals surface area contributed by atoms with Crippen molar-refractivity contribution in [3.05, 3.63) is 40.4 Å². The fraction of sp³-hybridized carbons (Fsp3) is 0.633. The van der Waals surface area contributed by atoms with E-state index in [1.165, 1.54) is 6.42 Å². The summed E-state index contributed by atoms with van der Waals surface area (Å²) in [4.78, 5) is 46.1. The van der Waals surface area contributed by atoms with Crippen LogP contribution in [-0.2, 0) is 23.9 Å². The average Bonchev–Trinajstić information content (AvgIpc) is 3.52. The van der Waals surface area contributed by atoms with Crippen LogP contribution in [0.4, 0.5) is 5.69 Å². The van der Waals surface area contributed by atoms with Crippen molar-refractivity contribution in [2.45, 2.75) is 68.7 Å². The first-order valence-corrected chi connectivity index (χ1v) is 15.5. The fourth-order valence-corrected chi connectivity index (χ4v) is 7.78. The molecule has 1 aromatic carbocycles. The second-order valence-corrected chi connectivity index (χ2v) is 12.9. The van der Waals surface area contributed by atoms with Crippen LogP contribution in [0.3, 0.4) is 0 Å². The summed E-state index contributed by atoms with van der Waals surface area (Å²) in [5.41, 5.74) is -1.75. The maximum absolute atomic E-state index is 14.2. The van der Waals surface area contributed by atoms with Gasteiger partial charge in [-0.15, -0.1) is 0 Å².